The van der Waals surface area contributed by atoms with Crippen LogP contribution in [0.4, 0.5) is 0 Å². The Balaban J connectivity index is 3.72. The average Bonchev–Trinajstić information content (AvgIpc) is 2.04. The smallest absolute Gasteiger partial charge is 0.189 e. The second-order valence-electron chi connectivity index (χ2n) is 4.22. The van der Waals surface area contributed by atoms with Crippen molar-refractivity contribution >= 4 is 8.32 Å². The second-order valence-corrected chi connectivity index (χ2v) is 8.70. The molecular formula is C10H25NOSi. The molecule has 1 unspecified atom stereocenters. The maximum atomic E-state index is 5.83. The van der Waals surface area contributed by atoms with Crippen LogP contribution in [0, 0.1) is 0 Å². The van der Waals surface area contributed by atoms with E-state index in [1.54, 1.807) is 0 Å². The summed E-state index contributed by atoms with van der Waals surface area (Å²) in [4.78, 5) is 0. The van der Waals surface area contributed by atoms with E-state index < -0.39 is 8.32 Å². The van der Waals surface area contributed by atoms with Gasteiger partial charge >= 0.3 is 0 Å². The quantitative estimate of drug-likeness (QED) is 0.510. The predicted octanol–water partition coefficient (Wildman–Crippen LogP) is 2.75. The first kappa shape index (κ1) is 13.1. The first-order valence-corrected chi connectivity index (χ1v) is 8.37. The van der Waals surface area contributed by atoms with Crippen LogP contribution in [0.3, 0.4) is 0 Å². The topological polar surface area (TPSA) is 35.2 Å². The minimum Gasteiger partial charge on any atom is -0.417 e. The molecule has 13 heavy (non-hydrogen) atoms. The Hall–Kier alpha value is 0.137. The monoisotopic (exact) mass is 203 g/mol. The number of rotatable bonds is 7. The molecule has 0 rings (SSSR count). The molecule has 2 N–H and O–H groups in total. The molecule has 0 radical (unpaired) electrons. The van der Waals surface area contributed by atoms with Gasteiger partial charge in [0.2, 0.25) is 0 Å². The lowest BCUT2D eigenvalue weighted by atomic mass is 10.2. The minimum absolute atomic E-state index is 0.749. The zero-order valence-corrected chi connectivity index (χ0v) is 10.6. The summed E-state index contributed by atoms with van der Waals surface area (Å²) in [6.45, 7) is 10.7. The lowest BCUT2D eigenvalue weighted by Crippen LogP contribution is -2.35. The fraction of sp³-hybridized carbons (Fsp3) is 1.00. The van der Waals surface area contributed by atoms with Crippen LogP contribution in [-0.2, 0) is 4.43 Å². The van der Waals surface area contributed by atoms with Gasteiger partial charge in [-0.3, -0.25) is 0 Å². The first-order chi connectivity index (χ1) is 6.04. The molecular weight excluding hydrogens is 178 g/mol. The highest BCUT2D eigenvalue weighted by atomic mass is 28.4. The van der Waals surface area contributed by atoms with Gasteiger partial charge in [0.1, 0.15) is 0 Å². The molecule has 80 valence electrons. The van der Waals surface area contributed by atoms with Gasteiger partial charge in [-0.15, -0.1) is 0 Å². The third kappa shape index (κ3) is 5.44. The lowest BCUT2D eigenvalue weighted by molar-refractivity contribution is 0.318. The van der Waals surface area contributed by atoms with Crippen LogP contribution < -0.4 is 5.73 Å². The summed E-state index contributed by atoms with van der Waals surface area (Å²) in [5.41, 5.74) is 6.21. The van der Waals surface area contributed by atoms with Crippen molar-refractivity contribution in [2.24, 2.45) is 5.73 Å². The van der Waals surface area contributed by atoms with Crippen LogP contribution in [0.25, 0.3) is 0 Å². The van der Waals surface area contributed by atoms with Gasteiger partial charge in [0, 0.05) is 6.61 Å². The summed E-state index contributed by atoms with van der Waals surface area (Å²) in [5.74, 6) is 0. The number of unbranched alkanes of at least 4 members (excludes halogenated alkanes) is 1. The van der Waals surface area contributed by atoms with Crippen molar-refractivity contribution < 1.29 is 4.43 Å². The zero-order valence-electron chi connectivity index (χ0n) is 9.60. The summed E-state index contributed by atoms with van der Waals surface area (Å²) >= 11 is 0. The highest BCUT2D eigenvalue weighted by molar-refractivity contribution is 6.72. The molecule has 0 spiro atoms. The molecule has 1 atom stereocenters. The Kier molecular flexibility index (Phi) is 6.64. The van der Waals surface area contributed by atoms with E-state index in [9.17, 15) is 0 Å². The van der Waals surface area contributed by atoms with Gasteiger partial charge in [0.15, 0.2) is 8.32 Å². The molecule has 0 heterocycles. The summed E-state index contributed by atoms with van der Waals surface area (Å²) in [7, 11) is -1.40. The van der Waals surface area contributed by atoms with E-state index in [2.05, 4.69) is 26.9 Å². The van der Waals surface area contributed by atoms with Gasteiger partial charge in [-0.2, -0.15) is 0 Å². The fourth-order valence-corrected chi connectivity index (χ4v) is 3.38. The normalized spacial score (nSPS) is 14.5. The molecule has 0 aromatic heterocycles. The molecule has 2 nitrogen and oxygen atoms in total. The zero-order chi connectivity index (χ0) is 10.3. The van der Waals surface area contributed by atoms with Crippen molar-refractivity contribution in [2.75, 3.05) is 13.2 Å². The summed E-state index contributed by atoms with van der Waals surface area (Å²) in [6.07, 6.45) is 3.68. The second kappa shape index (κ2) is 6.57. The van der Waals surface area contributed by atoms with Gasteiger partial charge in [-0.05, 0) is 38.5 Å². The molecule has 0 fully saturated rings. The number of nitrogens with two attached hydrogens (primary N) is 1. The summed E-state index contributed by atoms with van der Waals surface area (Å²) in [5, 5.41) is 0. The van der Waals surface area contributed by atoms with Crippen LogP contribution in [0.1, 0.15) is 33.1 Å². The van der Waals surface area contributed by atoms with Crippen molar-refractivity contribution in [1.29, 1.82) is 0 Å². The number of hydrogen-bond donors (Lipinski definition) is 1. The highest BCUT2D eigenvalue weighted by Gasteiger charge is 2.28. The molecule has 0 amide bonds. The van der Waals surface area contributed by atoms with Crippen LogP contribution in [0.2, 0.25) is 18.6 Å². The number of hydrogen-bond acceptors (Lipinski definition) is 2. The van der Waals surface area contributed by atoms with E-state index in [4.69, 9.17) is 10.2 Å². The van der Waals surface area contributed by atoms with Gasteiger partial charge in [-0.1, -0.05) is 19.8 Å². The van der Waals surface area contributed by atoms with Gasteiger partial charge in [0.05, 0.1) is 0 Å². The van der Waals surface area contributed by atoms with E-state index in [1.807, 2.05) is 0 Å². The Bertz CT molecular complexity index is 128. The molecule has 0 aliphatic rings. The van der Waals surface area contributed by atoms with E-state index in [0.717, 1.165) is 25.1 Å². The molecule has 0 aliphatic carbocycles. The van der Waals surface area contributed by atoms with Crippen molar-refractivity contribution in [3.05, 3.63) is 0 Å². The van der Waals surface area contributed by atoms with E-state index in [-0.39, 0.29) is 0 Å². The minimum atomic E-state index is -1.40. The average molecular weight is 203 g/mol. The molecule has 0 bridgehead atoms. The van der Waals surface area contributed by atoms with Gasteiger partial charge < -0.3 is 10.2 Å². The van der Waals surface area contributed by atoms with E-state index in [0.29, 0.717) is 0 Å². The van der Waals surface area contributed by atoms with E-state index in [1.165, 1.54) is 12.8 Å². The van der Waals surface area contributed by atoms with Crippen molar-refractivity contribution in [3.63, 3.8) is 0 Å². The van der Waals surface area contributed by atoms with Crippen LogP contribution in [0.15, 0.2) is 0 Å². The molecule has 0 saturated heterocycles. The Morgan fingerprint density at radius 1 is 1.31 bits per heavy atom. The maximum Gasteiger partial charge on any atom is 0.189 e. The van der Waals surface area contributed by atoms with Crippen LogP contribution in [-0.4, -0.2) is 21.5 Å². The van der Waals surface area contributed by atoms with Gasteiger partial charge in [0.25, 0.3) is 0 Å². The van der Waals surface area contributed by atoms with Crippen molar-refractivity contribution in [2.45, 2.75) is 51.7 Å². The molecule has 0 aromatic rings. The molecule has 0 saturated carbocycles. The van der Waals surface area contributed by atoms with Gasteiger partial charge in [-0.25, -0.2) is 0 Å². The SMILES string of the molecule is CCO[Si](C)(C)C(C)CCCCN. The first-order valence-electron chi connectivity index (χ1n) is 5.38. The third-order valence-corrected chi connectivity index (χ3v) is 6.49. The Labute approximate surface area is 84.0 Å². The third-order valence-electron chi connectivity index (χ3n) is 2.79. The van der Waals surface area contributed by atoms with Crippen LogP contribution >= 0.6 is 0 Å². The predicted molar refractivity (Wildman–Crippen MR) is 61.4 cm³/mol. The Morgan fingerprint density at radius 2 is 1.92 bits per heavy atom. The lowest BCUT2D eigenvalue weighted by Gasteiger charge is -2.29. The fourth-order valence-electron chi connectivity index (χ4n) is 1.46. The van der Waals surface area contributed by atoms with Crippen molar-refractivity contribution in [3.8, 4) is 0 Å². The van der Waals surface area contributed by atoms with E-state index >= 15 is 0 Å². The molecule has 0 aromatic carbocycles. The van der Waals surface area contributed by atoms with Crippen LogP contribution in [0.5, 0.6) is 0 Å². The van der Waals surface area contributed by atoms with Crippen molar-refractivity contribution in [1.82, 2.24) is 0 Å². The highest BCUT2D eigenvalue weighted by Crippen LogP contribution is 2.27. The summed E-state index contributed by atoms with van der Waals surface area (Å²) in [6, 6.07) is 0. The standard InChI is InChI=1S/C10H25NOSi/c1-5-12-13(3,4)10(2)8-6-7-9-11/h10H,5-9,11H2,1-4H3. The maximum absolute atomic E-state index is 5.83. The molecule has 3 heteroatoms. The largest absolute Gasteiger partial charge is 0.417 e. The Morgan fingerprint density at radius 3 is 2.38 bits per heavy atom. The summed E-state index contributed by atoms with van der Waals surface area (Å²) < 4.78 is 5.83. The molecule has 0 aliphatic heterocycles.